The molecule has 1 fully saturated rings. The summed E-state index contributed by atoms with van der Waals surface area (Å²) in [6.45, 7) is 6.27. The summed E-state index contributed by atoms with van der Waals surface area (Å²) in [5.41, 5.74) is 0.451. The van der Waals surface area contributed by atoms with E-state index in [-0.39, 0.29) is 28.3 Å². The van der Waals surface area contributed by atoms with Gasteiger partial charge in [0, 0.05) is 23.4 Å². The van der Waals surface area contributed by atoms with Crippen LogP contribution < -0.4 is 10.6 Å². The number of tetrazole rings is 1. The Hall–Kier alpha value is -3.51. The molecule has 2 aromatic rings. The van der Waals surface area contributed by atoms with E-state index in [1.807, 2.05) is 0 Å². The maximum Gasteiger partial charge on any atom is 0.352 e. The van der Waals surface area contributed by atoms with Crippen LogP contribution in [0.5, 0.6) is 0 Å². The number of aryl methyl sites for hydroxylation is 1. The van der Waals surface area contributed by atoms with E-state index in [0.717, 1.165) is 37.0 Å². The van der Waals surface area contributed by atoms with E-state index in [9.17, 15) is 24.3 Å². The number of nitrogens with one attached hydrogen (secondary N) is 2. The van der Waals surface area contributed by atoms with Gasteiger partial charge in [-0.3, -0.25) is 19.3 Å². The number of carboxylic acids is 1. The molecule has 1 unspecified atom stereocenters. The molecule has 226 valence electrons. The summed E-state index contributed by atoms with van der Waals surface area (Å²) >= 11 is 3.77. The maximum absolute atomic E-state index is 13.2. The van der Waals surface area contributed by atoms with Crippen LogP contribution in [-0.2, 0) is 30.6 Å². The minimum Gasteiger partial charge on any atom is -0.477 e. The summed E-state index contributed by atoms with van der Waals surface area (Å²) in [4.78, 5) is 60.1. The van der Waals surface area contributed by atoms with Crippen LogP contribution in [0.4, 0.5) is 5.13 Å². The molecule has 0 radical (unpaired) electrons. The van der Waals surface area contributed by atoms with Crippen molar-refractivity contribution in [2.45, 2.75) is 75.7 Å². The Morgan fingerprint density at radius 2 is 2.14 bits per heavy atom. The number of aliphatic carboxylic acids is 1. The summed E-state index contributed by atoms with van der Waals surface area (Å²) in [5, 5.41) is 32.6. The fraction of sp³-hybridized carbons (Fsp3) is 0.542. The SMILES string of the molecule is CCCCCCn1nnnc1SCC1=C(C(=O)O)N2C(=O)C(NC(=O)C(=NOC(C)C)c3csc(NC=O)n3)[C@H]2SC1. The highest BCUT2D eigenvalue weighted by Crippen LogP contribution is 2.41. The van der Waals surface area contributed by atoms with E-state index in [4.69, 9.17) is 4.84 Å². The fourth-order valence-corrected chi connectivity index (χ4v) is 7.19. The molecule has 2 aliphatic rings. The van der Waals surface area contributed by atoms with Crippen molar-refractivity contribution in [3.8, 4) is 0 Å². The standard InChI is InChI=1S/C24H31N9O6S3/c1-4-5-6-7-8-32-24(28-30-31-32)42-10-14-9-40-21-17(20(36)33(21)18(14)22(37)38)27-19(35)16(29-39-13(2)3)15-11-41-23(26-15)25-12-34/h11-13,17,21H,4-10H2,1-3H3,(H,27,35)(H,37,38)(H,25,26,34)/t17?,21-/m1/s1. The Morgan fingerprint density at radius 3 is 2.86 bits per heavy atom. The summed E-state index contributed by atoms with van der Waals surface area (Å²) in [6.07, 6.45) is 4.39. The topological polar surface area (TPSA) is 194 Å². The van der Waals surface area contributed by atoms with Crippen LogP contribution in [0.25, 0.3) is 0 Å². The molecule has 0 spiro atoms. The number of thioether (sulfide) groups is 2. The van der Waals surface area contributed by atoms with Crippen molar-refractivity contribution >= 4 is 69.9 Å². The molecule has 18 heteroatoms. The second-order valence-corrected chi connectivity index (χ2v) is 12.5. The third-order valence-electron chi connectivity index (χ3n) is 6.13. The van der Waals surface area contributed by atoms with Crippen LogP contribution >= 0.6 is 34.9 Å². The van der Waals surface area contributed by atoms with Gasteiger partial charge in [0.1, 0.15) is 28.9 Å². The van der Waals surface area contributed by atoms with E-state index < -0.39 is 29.2 Å². The highest BCUT2D eigenvalue weighted by Gasteiger charge is 2.54. The minimum atomic E-state index is -1.22. The first kappa shape index (κ1) is 31.4. The molecule has 0 aliphatic carbocycles. The van der Waals surface area contributed by atoms with Gasteiger partial charge in [-0.2, -0.15) is 0 Å². The van der Waals surface area contributed by atoms with E-state index in [1.54, 1.807) is 18.5 Å². The van der Waals surface area contributed by atoms with Crippen LogP contribution in [0, 0.1) is 0 Å². The van der Waals surface area contributed by atoms with Gasteiger partial charge in [0.2, 0.25) is 11.6 Å². The Bertz CT molecular complexity index is 1370. The number of rotatable bonds is 16. The van der Waals surface area contributed by atoms with E-state index >= 15 is 0 Å². The van der Waals surface area contributed by atoms with Gasteiger partial charge >= 0.3 is 5.97 Å². The minimum absolute atomic E-state index is 0.0927. The number of thiazole rings is 1. The Morgan fingerprint density at radius 1 is 1.33 bits per heavy atom. The lowest BCUT2D eigenvalue weighted by Crippen LogP contribution is -2.71. The highest BCUT2D eigenvalue weighted by atomic mass is 32.2. The second kappa shape index (κ2) is 14.6. The number of hydrogen-bond donors (Lipinski definition) is 3. The van der Waals surface area contributed by atoms with Gasteiger partial charge in [0.15, 0.2) is 10.8 Å². The molecule has 2 atom stereocenters. The molecule has 15 nitrogen and oxygen atoms in total. The predicted molar refractivity (Wildman–Crippen MR) is 157 cm³/mol. The Labute approximate surface area is 253 Å². The predicted octanol–water partition coefficient (Wildman–Crippen LogP) is 1.94. The first-order chi connectivity index (χ1) is 20.2. The van der Waals surface area contributed by atoms with Crippen molar-refractivity contribution in [2.24, 2.45) is 5.16 Å². The van der Waals surface area contributed by atoms with Crippen molar-refractivity contribution in [1.82, 2.24) is 35.4 Å². The molecule has 0 saturated carbocycles. The number of oxime groups is 1. The highest BCUT2D eigenvalue weighted by molar-refractivity contribution is 8.01. The first-order valence-electron chi connectivity index (χ1n) is 13.2. The monoisotopic (exact) mass is 637 g/mol. The number of carbonyl (C=O) groups is 4. The molecule has 4 rings (SSSR count). The zero-order valence-electron chi connectivity index (χ0n) is 23.2. The Balaban J connectivity index is 1.45. The van der Waals surface area contributed by atoms with Crippen LogP contribution in [0.3, 0.4) is 0 Å². The summed E-state index contributed by atoms with van der Waals surface area (Å²) in [7, 11) is 0. The smallest absolute Gasteiger partial charge is 0.352 e. The van der Waals surface area contributed by atoms with Crippen molar-refractivity contribution in [2.75, 3.05) is 16.8 Å². The van der Waals surface area contributed by atoms with E-state index in [0.29, 0.717) is 35.2 Å². The molecule has 2 aromatic heterocycles. The quantitative estimate of drug-likeness (QED) is 0.0606. The maximum atomic E-state index is 13.2. The lowest BCUT2D eigenvalue weighted by atomic mass is 10.0. The van der Waals surface area contributed by atoms with Crippen molar-refractivity contribution in [3.63, 3.8) is 0 Å². The number of carboxylic acid groups (broad SMARTS) is 1. The lowest BCUT2D eigenvalue weighted by Gasteiger charge is -2.49. The van der Waals surface area contributed by atoms with Gasteiger partial charge in [0.05, 0.1) is 0 Å². The number of amides is 3. The number of hydrogen-bond acceptors (Lipinski definition) is 13. The van der Waals surface area contributed by atoms with Gasteiger partial charge in [-0.25, -0.2) is 14.5 Å². The fourth-order valence-electron chi connectivity index (χ4n) is 4.15. The summed E-state index contributed by atoms with van der Waals surface area (Å²) < 4.78 is 1.71. The van der Waals surface area contributed by atoms with Crippen LogP contribution in [0.1, 0.15) is 52.1 Å². The van der Waals surface area contributed by atoms with Crippen molar-refractivity contribution in [3.05, 3.63) is 22.3 Å². The molecule has 0 bridgehead atoms. The molecule has 0 aromatic carbocycles. The normalized spacial score (nSPS) is 18.5. The summed E-state index contributed by atoms with van der Waals surface area (Å²) in [5.74, 6) is -1.85. The zero-order valence-corrected chi connectivity index (χ0v) is 25.6. The van der Waals surface area contributed by atoms with Gasteiger partial charge in [0.25, 0.3) is 11.8 Å². The molecule has 4 heterocycles. The molecule has 2 aliphatic heterocycles. The van der Waals surface area contributed by atoms with Crippen LogP contribution in [0.15, 0.2) is 27.0 Å². The third-order valence-corrected chi connectivity index (χ3v) is 9.29. The van der Waals surface area contributed by atoms with Crippen molar-refractivity contribution in [1.29, 1.82) is 0 Å². The largest absolute Gasteiger partial charge is 0.477 e. The Kier molecular flexibility index (Phi) is 10.9. The number of fused-ring (bicyclic) bond motifs is 1. The number of anilines is 1. The molecular formula is C24H31N9O6S3. The number of aromatic nitrogens is 5. The molecule has 3 N–H and O–H groups in total. The molecule has 42 heavy (non-hydrogen) atoms. The van der Waals surface area contributed by atoms with Crippen molar-refractivity contribution < 1.29 is 29.1 Å². The number of nitrogens with zero attached hydrogens (tertiary/aromatic N) is 7. The first-order valence-corrected chi connectivity index (χ1v) is 16.2. The molecule has 1 saturated heterocycles. The van der Waals surface area contributed by atoms with Gasteiger partial charge < -0.3 is 20.6 Å². The number of unbranched alkanes of at least 4 members (excludes halogenated alkanes) is 3. The second-order valence-electron chi connectivity index (χ2n) is 9.55. The van der Waals surface area contributed by atoms with Crippen LogP contribution in [0.2, 0.25) is 0 Å². The third kappa shape index (κ3) is 7.27. The number of carbonyl (C=O) groups excluding carboxylic acids is 3. The van der Waals surface area contributed by atoms with Crippen LogP contribution in [-0.4, -0.2) is 94.1 Å². The lowest BCUT2D eigenvalue weighted by molar-refractivity contribution is -0.150. The average molecular weight is 638 g/mol. The number of β-lactam (4-membered cyclic amide) rings is 1. The molecular weight excluding hydrogens is 607 g/mol. The van der Waals surface area contributed by atoms with E-state index in [1.165, 1.54) is 33.8 Å². The summed E-state index contributed by atoms with van der Waals surface area (Å²) in [6, 6.07) is -0.975. The molecule has 3 amide bonds. The van der Waals surface area contributed by atoms with Gasteiger partial charge in [-0.1, -0.05) is 43.1 Å². The van der Waals surface area contributed by atoms with Gasteiger partial charge in [-0.15, -0.1) is 28.2 Å². The zero-order chi connectivity index (χ0) is 30.2. The van der Waals surface area contributed by atoms with E-state index in [2.05, 4.69) is 43.2 Å². The average Bonchev–Trinajstić information content (AvgIpc) is 3.62. The van der Waals surface area contributed by atoms with Gasteiger partial charge in [-0.05, 0) is 36.3 Å².